The zero-order valence-corrected chi connectivity index (χ0v) is 12.6. The van der Waals surface area contributed by atoms with Crippen molar-refractivity contribution in [1.82, 2.24) is 4.98 Å². The molecule has 0 unspecified atom stereocenters. The van der Waals surface area contributed by atoms with Crippen LogP contribution in [0.4, 0.5) is 0 Å². The van der Waals surface area contributed by atoms with Gasteiger partial charge in [-0.25, -0.2) is 4.98 Å². The van der Waals surface area contributed by atoms with Crippen LogP contribution in [-0.2, 0) is 9.53 Å². The predicted molar refractivity (Wildman–Crippen MR) is 77.6 cm³/mol. The quantitative estimate of drug-likeness (QED) is 0.449. The maximum absolute atomic E-state index is 11.4. The van der Waals surface area contributed by atoms with E-state index in [2.05, 4.69) is 4.98 Å². The van der Waals surface area contributed by atoms with Gasteiger partial charge < -0.3 is 4.74 Å². The van der Waals surface area contributed by atoms with Crippen LogP contribution in [0.5, 0.6) is 0 Å². The third-order valence-corrected chi connectivity index (χ3v) is 4.16. The van der Waals surface area contributed by atoms with E-state index in [-0.39, 0.29) is 11.6 Å². The van der Waals surface area contributed by atoms with Crippen molar-refractivity contribution in [3.8, 4) is 0 Å². The van der Waals surface area contributed by atoms with Crippen LogP contribution < -0.4 is 0 Å². The molecule has 0 fully saturated rings. The lowest BCUT2D eigenvalue weighted by atomic mass is 10.2. The van der Waals surface area contributed by atoms with Gasteiger partial charge in [0.15, 0.2) is 0 Å². The van der Waals surface area contributed by atoms with E-state index in [9.17, 15) is 4.79 Å². The Morgan fingerprint density at radius 2 is 2.17 bits per heavy atom. The number of nitrogens with zero attached hydrogens (tertiary/aromatic N) is 1. The van der Waals surface area contributed by atoms with E-state index in [1.54, 1.807) is 27.8 Å². The number of hydrogen-bond donors (Lipinski definition) is 0. The van der Waals surface area contributed by atoms with Gasteiger partial charge in [-0.05, 0) is 50.1 Å². The van der Waals surface area contributed by atoms with Crippen LogP contribution in [0, 0.1) is 0 Å². The van der Waals surface area contributed by atoms with Crippen molar-refractivity contribution in [2.24, 2.45) is 0 Å². The lowest BCUT2D eigenvalue weighted by Crippen LogP contribution is -2.23. The zero-order chi connectivity index (χ0) is 13.4. The maximum atomic E-state index is 11.4. The summed E-state index contributed by atoms with van der Waals surface area (Å²) in [5, 5.41) is 1.000. The first-order chi connectivity index (χ1) is 8.47. The number of rotatable bonds is 6. The molecule has 0 atom stereocenters. The van der Waals surface area contributed by atoms with Gasteiger partial charge in [0, 0.05) is 18.4 Å². The number of aromatic nitrogens is 1. The van der Waals surface area contributed by atoms with Gasteiger partial charge in [0.05, 0.1) is 0 Å². The van der Waals surface area contributed by atoms with E-state index in [1.165, 1.54) is 0 Å². The van der Waals surface area contributed by atoms with Crippen molar-refractivity contribution in [2.45, 2.75) is 44.2 Å². The lowest BCUT2D eigenvalue weighted by molar-refractivity contribution is -0.154. The van der Waals surface area contributed by atoms with Gasteiger partial charge in [0.2, 0.25) is 0 Å². The van der Waals surface area contributed by atoms with Crippen LogP contribution in [0.15, 0.2) is 29.4 Å². The first-order valence-electron chi connectivity index (χ1n) is 5.90. The molecule has 0 N–H and O–H groups in total. The molecule has 0 aromatic carbocycles. The Hall–Kier alpha value is -0.680. The summed E-state index contributed by atoms with van der Waals surface area (Å²) in [4.78, 5) is 15.7. The van der Waals surface area contributed by atoms with Crippen molar-refractivity contribution in [2.75, 3.05) is 5.75 Å². The number of esters is 1. The van der Waals surface area contributed by atoms with Crippen molar-refractivity contribution in [1.29, 1.82) is 0 Å². The van der Waals surface area contributed by atoms with Crippen LogP contribution in [0.3, 0.4) is 0 Å². The second-order valence-electron chi connectivity index (χ2n) is 4.76. The zero-order valence-electron chi connectivity index (χ0n) is 11.0. The summed E-state index contributed by atoms with van der Waals surface area (Å²) in [7, 11) is 3.35. The minimum Gasteiger partial charge on any atom is -0.460 e. The van der Waals surface area contributed by atoms with Gasteiger partial charge in [-0.2, -0.15) is 0 Å². The average molecular weight is 285 g/mol. The van der Waals surface area contributed by atoms with Crippen LogP contribution in [0.1, 0.15) is 33.6 Å². The second kappa shape index (κ2) is 7.69. The summed E-state index contributed by atoms with van der Waals surface area (Å²) in [6.07, 6.45) is 3.09. The van der Waals surface area contributed by atoms with E-state index in [4.69, 9.17) is 4.74 Å². The number of ether oxygens (including phenoxy) is 1. The average Bonchev–Trinajstić information content (AvgIpc) is 2.27. The minimum absolute atomic E-state index is 0.120. The predicted octanol–water partition coefficient (Wildman–Crippen LogP) is 3.94. The summed E-state index contributed by atoms with van der Waals surface area (Å²) in [5.41, 5.74) is -0.382. The Morgan fingerprint density at radius 1 is 1.39 bits per heavy atom. The number of pyridine rings is 1. The molecule has 0 amide bonds. The molecule has 5 heteroatoms. The molecule has 1 rings (SSSR count). The summed E-state index contributed by atoms with van der Waals surface area (Å²) in [5.74, 6) is 0.798. The lowest BCUT2D eigenvalue weighted by Gasteiger charge is -2.19. The molecule has 0 bridgehead atoms. The number of carbonyl (C=O) groups is 1. The van der Waals surface area contributed by atoms with Gasteiger partial charge in [-0.15, -0.1) is 0 Å². The SMILES string of the molecule is CC(C)(C)OC(=O)CCCSSc1ccccn1. The first kappa shape index (κ1) is 15.4. The van der Waals surface area contributed by atoms with Crippen molar-refractivity contribution in [3.05, 3.63) is 24.4 Å². The largest absolute Gasteiger partial charge is 0.460 e. The molecule has 0 spiro atoms. The molecular weight excluding hydrogens is 266 g/mol. The highest BCUT2D eigenvalue weighted by Crippen LogP contribution is 2.29. The Labute approximate surface area is 116 Å². The third kappa shape index (κ3) is 7.61. The van der Waals surface area contributed by atoms with Gasteiger partial charge in [-0.3, -0.25) is 4.79 Å². The second-order valence-corrected chi connectivity index (χ2v) is 7.20. The summed E-state index contributed by atoms with van der Waals surface area (Å²) >= 11 is 0. The van der Waals surface area contributed by atoms with E-state index < -0.39 is 0 Å². The van der Waals surface area contributed by atoms with Gasteiger partial charge in [-0.1, -0.05) is 16.9 Å². The molecule has 3 nitrogen and oxygen atoms in total. The normalized spacial score (nSPS) is 11.3. The Kier molecular flexibility index (Phi) is 6.57. The summed E-state index contributed by atoms with van der Waals surface area (Å²) in [6.45, 7) is 5.66. The molecule has 1 aromatic rings. The van der Waals surface area contributed by atoms with Gasteiger partial charge >= 0.3 is 5.97 Å². The molecule has 0 aliphatic heterocycles. The fraction of sp³-hybridized carbons (Fsp3) is 0.538. The van der Waals surface area contributed by atoms with E-state index in [0.717, 1.165) is 17.2 Å². The molecule has 0 aliphatic carbocycles. The van der Waals surface area contributed by atoms with E-state index in [0.29, 0.717) is 6.42 Å². The van der Waals surface area contributed by atoms with Crippen molar-refractivity contribution in [3.63, 3.8) is 0 Å². The molecule has 1 aromatic heterocycles. The van der Waals surface area contributed by atoms with Gasteiger partial charge in [0.1, 0.15) is 10.6 Å². The highest BCUT2D eigenvalue weighted by atomic mass is 33.1. The monoisotopic (exact) mass is 285 g/mol. The minimum atomic E-state index is -0.382. The molecule has 100 valence electrons. The fourth-order valence-electron chi connectivity index (χ4n) is 1.17. The Balaban J connectivity index is 2.07. The topological polar surface area (TPSA) is 39.2 Å². The number of hydrogen-bond acceptors (Lipinski definition) is 5. The Bertz CT molecular complexity index is 363. The summed E-state index contributed by atoms with van der Waals surface area (Å²) in [6, 6.07) is 5.85. The van der Waals surface area contributed by atoms with Crippen LogP contribution in [0.2, 0.25) is 0 Å². The van der Waals surface area contributed by atoms with Crippen molar-refractivity contribution < 1.29 is 9.53 Å². The molecule has 0 aliphatic rings. The summed E-state index contributed by atoms with van der Waals surface area (Å²) < 4.78 is 5.24. The highest BCUT2D eigenvalue weighted by Gasteiger charge is 2.15. The fourth-order valence-corrected chi connectivity index (χ4v) is 3.13. The third-order valence-electron chi connectivity index (χ3n) is 1.81. The van der Waals surface area contributed by atoms with Gasteiger partial charge in [0.25, 0.3) is 0 Å². The standard InChI is InChI=1S/C13H19NO2S2/c1-13(2,3)16-12(15)8-6-10-17-18-11-7-4-5-9-14-11/h4-5,7,9H,6,8,10H2,1-3H3. The van der Waals surface area contributed by atoms with E-state index >= 15 is 0 Å². The Morgan fingerprint density at radius 3 is 2.78 bits per heavy atom. The highest BCUT2D eigenvalue weighted by molar-refractivity contribution is 8.76. The van der Waals surface area contributed by atoms with E-state index in [1.807, 2.05) is 39.0 Å². The van der Waals surface area contributed by atoms with Crippen LogP contribution in [-0.4, -0.2) is 22.3 Å². The molecule has 0 radical (unpaired) electrons. The van der Waals surface area contributed by atoms with Crippen molar-refractivity contribution >= 4 is 27.6 Å². The molecule has 0 saturated carbocycles. The first-order valence-corrected chi connectivity index (χ1v) is 8.21. The maximum Gasteiger partial charge on any atom is 0.306 e. The smallest absolute Gasteiger partial charge is 0.306 e. The van der Waals surface area contributed by atoms with Crippen LogP contribution >= 0.6 is 21.6 Å². The number of carbonyl (C=O) groups excluding carboxylic acids is 1. The molecular formula is C13H19NO2S2. The van der Waals surface area contributed by atoms with Crippen LogP contribution in [0.25, 0.3) is 0 Å². The molecule has 18 heavy (non-hydrogen) atoms. The molecule has 1 heterocycles. The molecule has 0 saturated heterocycles.